The zero-order chi connectivity index (χ0) is 10.8. The van der Waals surface area contributed by atoms with Gasteiger partial charge >= 0.3 is 0 Å². The summed E-state index contributed by atoms with van der Waals surface area (Å²) in [5.74, 6) is 0.374. The van der Waals surface area contributed by atoms with Crippen molar-refractivity contribution in [3.05, 3.63) is 33.9 Å². The minimum atomic E-state index is 0.266. The van der Waals surface area contributed by atoms with Crippen LogP contribution in [0.15, 0.2) is 33.9 Å². The van der Waals surface area contributed by atoms with Crippen molar-refractivity contribution >= 4 is 5.78 Å². The monoisotopic (exact) mass is 200 g/mol. The van der Waals surface area contributed by atoms with Crippen LogP contribution in [-0.2, 0) is 4.79 Å². The number of rotatable bonds is 0. The van der Waals surface area contributed by atoms with Crippen LogP contribution in [0.5, 0.6) is 0 Å². The van der Waals surface area contributed by atoms with Crippen LogP contribution >= 0.6 is 0 Å². The largest absolute Gasteiger partial charge is 0.294 e. The Kier molecular flexibility index (Phi) is 1.54. The molecule has 0 amide bonds. The van der Waals surface area contributed by atoms with Crippen molar-refractivity contribution in [2.45, 2.75) is 40.0 Å². The molecule has 0 aromatic rings. The molecule has 1 heteroatoms. The molecule has 15 heavy (non-hydrogen) atoms. The number of carbonyl (C=O) groups excluding carboxylic acids is 1. The molecule has 0 N–H and O–H groups in total. The lowest BCUT2D eigenvalue weighted by atomic mass is 9.82. The average molecular weight is 200 g/mol. The van der Waals surface area contributed by atoms with Crippen LogP contribution in [0, 0.1) is 5.41 Å². The van der Waals surface area contributed by atoms with E-state index in [0.29, 0.717) is 5.78 Å². The van der Waals surface area contributed by atoms with Crippen molar-refractivity contribution in [2.24, 2.45) is 5.41 Å². The Morgan fingerprint density at radius 3 is 2.33 bits per heavy atom. The predicted molar refractivity (Wildman–Crippen MR) is 60.4 cm³/mol. The molecule has 0 radical (unpaired) electrons. The van der Waals surface area contributed by atoms with E-state index in [0.717, 1.165) is 12.0 Å². The molecular formula is C14H16O. The molecule has 1 nitrogen and oxygen atoms in total. The Hall–Kier alpha value is -1.11. The Bertz CT molecular complexity index is 468. The third-order valence-electron chi connectivity index (χ3n) is 4.31. The maximum absolute atomic E-state index is 12.1. The highest BCUT2D eigenvalue weighted by molar-refractivity contribution is 6.06. The Morgan fingerprint density at radius 1 is 1.07 bits per heavy atom. The normalized spacial score (nSPS) is 27.4. The Labute approximate surface area is 90.6 Å². The molecule has 0 aliphatic heterocycles. The van der Waals surface area contributed by atoms with Gasteiger partial charge in [0.15, 0.2) is 5.78 Å². The quantitative estimate of drug-likeness (QED) is 0.586. The molecule has 78 valence electrons. The Balaban J connectivity index is 2.22. The summed E-state index contributed by atoms with van der Waals surface area (Å²) in [7, 11) is 0. The van der Waals surface area contributed by atoms with Gasteiger partial charge in [0.25, 0.3) is 0 Å². The van der Waals surface area contributed by atoms with Gasteiger partial charge in [-0.15, -0.1) is 0 Å². The van der Waals surface area contributed by atoms with Gasteiger partial charge in [0.05, 0.1) is 0 Å². The lowest BCUT2D eigenvalue weighted by Crippen LogP contribution is -2.17. The maximum Gasteiger partial charge on any atom is 0.164 e. The van der Waals surface area contributed by atoms with E-state index in [-0.39, 0.29) is 5.41 Å². The average Bonchev–Trinajstić information content (AvgIpc) is 2.89. The summed E-state index contributed by atoms with van der Waals surface area (Å²) >= 11 is 0. The van der Waals surface area contributed by atoms with E-state index >= 15 is 0 Å². The summed E-state index contributed by atoms with van der Waals surface area (Å²) in [5.41, 5.74) is 6.37. The van der Waals surface area contributed by atoms with Crippen LogP contribution in [-0.4, -0.2) is 5.78 Å². The third-order valence-corrected chi connectivity index (χ3v) is 4.31. The van der Waals surface area contributed by atoms with Crippen molar-refractivity contribution < 1.29 is 4.79 Å². The number of ketones is 1. The molecular weight excluding hydrogens is 184 g/mol. The van der Waals surface area contributed by atoms with Crippen LogP contribution < -0.4 is 0 Å². The fourth-order valence-corrected chi connectivity index (χ4v) is 2.85. The second-order valence-electron chi connectivity index (χ2n) is 5.27. The molecule has 0 aromatic carbocycles. The second-order valence-corrected chi connectivity index (χ2v) is 5.27. The molecule has 0 saturated heterocycles. The van der Waals surface area contributed by atoms with Gasteiger partial charge in [0.2, 0.25) is 0 Å². The summed E-state index contributed by atoms with van der Waals surface area (Å²) in [6, 6.07) is 0. The van der Waals surface area contributed by atoms with Crippen molar-refractivity contribution in [1.29, 1.82) is 0 Å². The van der Waals surface area contributed by atoms with Crippen molar-refractivity contribution in [1.82, 2.24) is 0 Å². The predicted octanol–water partition coefficient (Wildman–Crippen LogP) is 3.33. The lowest BCUT2D eigenvalue weighted by Gasteiger charge is -2.20. The van der Waals surface area contributed by atoms with E-state index in [1.807, 2.05) is 0 Å². The smallest absolute Gasteiger partial charge is 0.164 e. The molecule has 1 spiro atoms. The van der Waals surface area contributed by atoms with Gasteiger partial charge in [0.1, 0.15) is 0 Å². The van der Waals surface area contributed by atoms with Gasteiger partial charge < -0.3 is 0 Å². The summed E-state index contributed by atoms with van der Waals surface area (Å²) in [6.07, 6.45) is 5.55. The number of allylic oxidation sites excluding steroid dienone is 6. The third kappa shape index (κ3) is 1.06. The van der Waals surface area contributed by atoms with Crippen LogP contribution in [0.4, 0.5) is 0 Å². The molecule has 0 heterocycles. The van der Waals surface area contributed by atoms with Crippen LogP contribution in [0.25, 0.3) is 0 Å². The highest BCUT2D eigenvalue weighted by Crippen LogP contribution is 2.57. The van der Waals surface area contributed by atoms with Crippen molar-refractivity contribution in [3.8, 4) is 0 Å². The standard InChI is InChI=1S/C14H16O/c1-8-9(2)11-6-14(4-5-14)7-12(15)13(11)10(8)3/h6H,4-5,7H2,1-3H3. The maximum atomic E-state index is 12.1. The van der Waals surface area contributed by atoms with Crippen LogP contribution in [0.3, 0.4) is 0 Å². The zero-order valence-corrected chi connectivity index (χ0v) is 9.61. The summed E-state index contributed by atoms with van der Waals surface area (Å²) in [4.78, 5) is 12.1. The number of Topliss-reactive ketones (excluding diaryl/α,β-unsaturated/α-hetero) is 1. The first-order valence-corrected chi connectivity index (χ1v) is 5.70. The topological polar surface area (TPSA) is 17.1 Å². The minimum absolute atomic E-state index is 0.266. The lowest BCUT2D eigenvalue weighted by molar-refractivity contribution is -0.116. The summed E-state index contributed by atoms with van der Waals surface area (Å²) in [6.45, 7) is 6.35. The van der Waals surface area contributed by atoms with Crippen molar-refractivity contribution in [2.75, 3.05) is 0 Å². The zero-order valence-electron chi connectivity index (χ0n) is 9.61. The van der Waals surface area contributed by atoms with E-state index in [1.165, 1.54) is 35.1 Å². The molecule has 0 aromatic heterocycles. The molecule has 1 fully saturated rings. The minimum Gasteiger partial charge on any atom is -0.294 e. The van der Waals surface area contributed by atoms with Gasteiger partial charge in [-0.1, -0.05) is 6.08 Å². The molecule has 3 rings (SSSR count). The van der Waals surface area contributed by atoms with E-state index in [1.54, 1.807) is 0 Å². The van der Waals surface area contributed by atoms with Gasteiger partial charge in [-0.25, -0.2) is 0 Å². The molecule has 3 aliphatic carbocycles. The van der Waals surface area contributed by atoms with Gasteiger partial charge in [-0.3, -0.25) is 4.79 Å². The first-order chi connectivity index (χ1) is 7.04. The molecule has 0 bridgehead atoms. The molecule has 1 saturated carbocycles. The summed E-state index contributed by atoms with van der Waals surface area (Å²) < 4.78 is 0. The summed E-state index contributed by atoms with van der Waals surface area (Å²) in [5, 5.41) is 0. The molecule has 0 atom stereocenters. The van der Waals surface area contributed by atoms with Gasteiger partial charge in [-0.2, -0.15) is 0 Å². The number of hydrogen-bond donors (Lipinski definition) is 0. The highest BCUT2D eigenvalue weighted by atomic mass is 16.1. The second kappa shape index (κ2) is 2.52. The van der Waals surface area contributed by atoms with Gasteiger partial charge in [-0.05, 0) is 61.3 Å². The Morgan fingerprint density at radius 2 is 1.73 bits per heavy atom. The van der Waals surface area contributed by atoms with Crippen LogP contribution in [0.1, 0.15) is 40.0 Å². The first-order valence-electron chi connectivity index (χ1n) is 5.70. The van der Waals surface area contributed by atoms with E-state index < -0.39 is 0 Å². The van der Waals surface area contributed by atoms with E-state index in [2.05, 4.69) is 26.8 Å². The molecule has 0 unspecified atom stereocenters. The van der Waals surface area contributed by atoms with E-state index in [4.69, 9.17) is 0 Å². The van der Waals surface area contributed by atoms with E-state index in [9.17, 15) is 4.79 Å². The number of hydrogen-bond acceptors (Lipinski definition) is 1. The SMILES string of the molecule is CC1=C(C)C(C)=C2C(=O)CC3(C=C12)CC3. The fraction of sp³-hybridized carbons (Fsp3) is 0.500. The first kappa shape index (κ1) is 9.14. The number of fused-ring (bicyclic) bond motifs is 1. The van der Waals surface area contributed by atoms with Crippen molar-refractivity contribution in [3.63, 3.8) is 0 Å². The number of carbonyl (C=O) groups is 1. The van der Waals surface area contributed by atoms with Crippen LogP contribution in [0.2, 0.25) is 0 Å². The fourth-order valence-electron chi connectivity index (χ4n) is 2.85. The highest BCUT2D eigenvalue weighted by Gasteiger charge is 2.47. The van der Waals surface area contributed by atoms with Gasteiger partial charge in [0, 0.05) is 12.0 Å². The molecule has 3 aliphatic rings.